The second kappa shape index (κ2) is 7.52. The molecule has 0 spiro atoms. The smallest absolute Gasteiger partial charge is 0.222 e. The molecule has 1 heterocycles. The van der Waals surface area contributed by atoms with Crippen molar-refractivity contribution in [3.63, 3.8) is 0 Å². The number of carbonyl (C=O) groups is 1. The third-order valence-corrected chi connectivity index (χ3v) is 3.91. The lowest BCUT2D eigenvalue weighted by molar-refractivity contribution is -0.139. The SMILES string of the molecule is CC(CN)CCC(=O)N1CCOC(c2ccc(F)cc2)C1. The molecule has 1 aromatic carbocycles. The van der Waals surface area contributed by atoms with Gasteiger partial charge in [0.2, 0.25) is 5.91 Å². The second-order valence-electron chi connectivity index (χ2n) is 5.63. The van der Waals surface area contributed by atoms with E-state index in [0.717, 1.165) is 12.0 Å². The van der Waals surface area contributed by atoms with Gasteiger partial charge in [-0.15, -0.1) is 0 Å². The van der Waals surface area contributed by atoms with Gasteiger partial charge in [-0.2, -0.15) is 0 Å². The average molecular weight is 294 g/mol. The third-order valence-electron chi connectivity index (χ3n) is 3.91. The molecule has 2 unspecified atom stereocenters. The van der Waals surface area contributed by atoms with Gasteiger partial charge in [0.25, 0.3) is 0 Å². The lowest BCUT2D eigenvalue weighted by Gasteiger charge is -2.33. The molecule has 1 aliphatic rings. The van der Waals surface area contributed by atoms with Gasteiger partial charge in [-0.1, -0.05) is 19.1 Å². The van der Waals surface area contributed by atoms with Gasteiger partial charge in [-0.3, -0.25) is 4.79 Å². The first-order chi connectivity index (χ1) is 10.1. The number of amides is 1. The molecule has 4 nitrogen and oxygen atoms in total. The molecule has 0 radical (unpaired) electrons. The van der Waals surface area contributed by atoms with E-state index in [1.54, 1.807) is 12.1 Å². The Labute approximate surface area is 125 Å². The number of ether oxygens (including phenoxy) is 1. The van der Waals surface area contributed by atoms with Gasteiger partial charge in [0.1, 0.15) is 11.9 Å². The Morgan fingerprint density at radius 1 is 1.48 bits per heavy atom. The normalized spacial score (nSPS) is 20.3. The standard InChI is InChI=1S/C16H23FN2O2/c1-12(10-18)2-7-16(20)19-8-9-21-15(11-19)13-3-5-14(17)6-4-13/h3-6,12,15H,2,7-11,18H2,1H3. The molecule has 5 heteroatoms. The molecule has 1 aromatic rings. The molecule has 1 fully saturated rings. The molecule has 2 atom stereocenters. The maximum absolute atomic E-state index is 13.0. The first kappa shape index (κ1) is 15.9. The summed E-state index contributed by atoms with van der Waals surface area (Å²) in [6.07, 6.45) is 1.16. The lowest BCUT2D eigenvalue weighted by atomic mass is 10.0. The van der Waals surface area contributed by atoms with Crippen LogP contribution in [0.1, 0.15) is 31.4 Å². The maximum Gasteiger partial charge on any atom is 0.222 e. The Balaban J connectivity index is 1.91. The fraction of sp³-hybridized carbons (Fsp3) is 0.562. The quantitative estimate of drug-likeness (QED) is 0.905. The van der Waals surface area contributed by atoms with Crippen molar-refractivity contribution in [2.24, 2.45) is 11.7 Å². The van der Waals surface area contributed by atoms with Crippen molar-refractivity contribution in [2.75, 3.05) is 26.2 Å². The zero-order valence-corrected chi connectivity index (χ0v) is 12.4. The molecule has 0 aliphatic carbocycles. The van der Waals surface area contributed by atoms with Crippen LogP contribution >= 0.6 is 0 Å². The minimum absolute atomic E-state index is 0.144. The zero-order chi connectivity index (χ0) is 15.2. The molecule has 2 N–H and O–H groups in total. The molecule has 1 aliphatic heterocycles. The monoisotopic (exact) mass is 294 g/mol. The van der Waals surface area contributed by atoms with Gasteiger partial charge in [0.05, 0.1) is 13.2 Å². The molecule has 0 saturated carbocycles. The highest BCUT2D eigenvalue weighted by Gasteiger charge is 2.25. The highest BCUT2D eigenvalue weighted by atomic mass is 19.1. The maximum atomic E-state index is 13.0. The Morgan fingerprint density at radius 2 is 2.19 bits per heavy atom. The van der Waals surface area contributed by atoms with Gasteiger partial charge < -0.3 is 15.4 Å². The summed E-state index contributed by atoms with van der Waals surface area (Å²) in [5.74, 6) is 0.242. The first-order valence-corrected chi connectivity index (χ1v) is 7.45. The minimum atomic E-state index is -0.265. The van der Waals surface area contributed by atoms with Gasteiger partial charge in [-0.05, 0) is 36.6 Å². The van der Waals surface area contributed by atoms with Crippen molar-refractivity contribution in [3.05, 3.63) is 35.6 Å². The largest absolute Gasteiger partial charge is 0.370 e. The molecular formula is C16H23FN2O2. The molecular weight excluding hydrogens is 271 g/mol. The van der Waals surface area contributed by atoms with E-state index < -0.39 is 0 Å². The summed E-state index contributed by atoms with van der Waals surface area (Å²) in [7, 11) is 0. The van der Waals surface area contributed by atoms with Gasteiger partial charge in [0, 0.05) is 13.0 Å². The second-order valence-corrected chi connectivity index (χ2v) is 5.63. The molecule has 1 saturated heterocycles. The predicted molar refractivity (Wildman–Crippen MR) is 79.1 cm³/mol. The molecule has 0 aromatic heterocycles. The third kappa shape index (κ3) is 4.51. The highest BCUT2D eigenvalue weighted by molar-refractivity contribution is 5.76. The molecule has 0 bridgehead atoms. The summed E-state index contributed by atoms with van der Waals surface area (Å²) >= 11 is 0. The zero-order valence-electron chi connectivity index (χ0n) is 12.4. The van der Waals surface area contributed by atoms with E-state index in [1.807, 2.05) is 11.8 Å². The number of nitrogens with two attached hydrogens (primary N) is 1. The van der Waals surface area contributed by atoms with Crippen LogP contribution in [0.2, 0.25) is 0 Å². The van der Waals surface area contributed by atoms with Crippen LogP contribution in [0, 0.1) is 11.7 Å². The van der Waals surface area contributed by atoms with Crippen molar-refractivity contribution >= 4 is 5.91 Å². The van der Waals surface area contributed by atoms with Crippen LogP contribution in [0.15, 0.2) is 24.3 Å². The number of hydrogen-bond acceptors (Lipinski definition) is 3. The molecule has 2 rings (SSSR count). The van der Waals surface area contributed by atoms with Gasteiger partial charge in [0.15, 0.2) is 0 Å². The Kier molecular flexibility index (Phi) is 5.70. The van der Waals surface area contributed by atoms with Gasteiger partial charge in [-0.25, -0.2) is 4.39 Å². The van der Waals surface area contributed by atoms with Crippen molar-refractivity contribution in [1.82, 2.24) is 4.90 Å². The predicted octanol–water partition coefficient (Wildman–Crippen LogP) is 2.10. The number of carbonyl (C=O) groups excluding carboxylic acids is 1. The number of halogens is 1. The summed E-state index contributed by atoms with van der Waals surface area (Å²) < 4.78 is 18.6. The van der Waals surface area contributed by atoms with Crippen LogP contribution in [0.4, 0.5) is 4.39 Å². The van der Waals surface area contributed by atoms with E-state index in [4.69, 9.17) is 10.5 Å². The average Bonchev–Trinajstić information content (AvgIpc) is 2.53. The van der Waals surface area contributed by atoms with Crippen LogP contribution in [-0.4, -0.2) is 37.0 Å². The fourth-order valence-corrected chi connectivity index (χ4v) is 2.40. The van der Waals surface area contributed by atoms with E-state index in [2.05, 4.69) is 0 Å². The molecule has 21 heavy (non-hydrogen) atoms. The Hall–Kier alpha value is -1.46. The van der Waals surface area contributed by atoms with Crippen molar-refractivity contribution < 1.29 is 13.9 Å². The van der Waals surface area contributed by atoms with E-state index in [9.17, 15) is 9.18 Å². The minimum Gasteiger partial charge on any atom is -0.370 e. The molecule has 116 valence electrons. The summed E-state index contributed by atoms with van der Waals surface area (Å²) in [6.45, 7) is 4.32. The Morgan fingerprint density at radius 3 is 2.86 bits per heavy atom. The van der Waals surface area contributed by atoms with Crippen molar-refractivity contribution in [2.45, 2.75) is 25.9 Å². The summed E-state index contributed by atoms with van der Waals surface area (Å²) in [5.41, 5.74) is 6.48. The molecule has 1 amide bonds. The van der Waals surface area contributed by atoms with Crippen molar-refractivity contribution in [1.29, 1.82) is 0 Å². The first-order valence-electron chi connectivity index (χ1n) is 7.45. The number of hydrogen-bond donors (Lipinski definition) is 1. The fourth-order valence-electron chi connectivity index (χ4n) is 2.40. The number of rotatable bonds is 5. The van der Waals surface area contributed by atoms with E-state index in [0.29, 0.717) is 38.6 Å². The van der Waals surface area contributed by atoms with E-state index >= 15 is 0 Å². The van der Waals surface area contributed by atoms with Crippen LogP contribution in [0.5, 0.6) is 0 Å². The van der Waals surface area contributed by atoms with Gasteiger partial charge >= 0.3 is 0 Å². The summed E-state index contributed by atoms with van der Waals surface area (Å²) in [5, 5.41) is 0. The van der Waals surface area contributed by atoms with Crippen LogP contribution in [-0.2, 0) is 9.53 Å². The lowest BCUT2D eigenvalue weighted by Crippen LogP contribution is -2.42. The van der Waals surface area contributed by atoms with Crippen LogP contribution < -0.4 is 5.73 Å². The highest BCUT2D eigenvalue weighted by Crippen LogP contribution is 2.23. The Bertz CT molecular complexity index is 464. The van der Waals surface area contributed by atoms with E-state index in [-0.39, 0.29) is 17.8 Å². The number of nitrogens with zero attached hydrogens (tertiary/aromatic N) is 1. The number of morpholine rings is 1. The summed E-state index contributed by atoms with van der Waals surface area (Å²) in [4.78, 5) is 14.1. The van der Waals surface area contributed by atoms with E-state index in [1.165, 1.54) is 12.1 Å². The van der Waals surface area contributed by atoms with Crippen LogP contribution in [0.3, 0.4) is 0 Å². The van der Waals surface area contributed by atoms with Crippen molar-refractivity contribution in [3.8, 4) is 0 Å². The number of benzene rings is 1. The van der Waals surface area contributed by atoms with Crippen LogP contribution in [0.25, 0.3) is 0 Å². The topological polar surface area (TPSA) is 55.6 Å². The summed E-state index contributed by atoms with van der Waals surface area (Å²) in [6, 6.07) is 6.26.